The summed E-state index contributed by atoms with van der Waals surface area (Å²) in [7, 11) is 0. The van der Waals surface area contributed by atoms with Gasteiger partial charge in [-0.15, -0.1) is 0 Å². The average molecular weight is 648 g/mol. The molecule has 10 aromatic rings. The van der Waals surface area contributed by atoms with E-state index in [1.54, 1.807) is 0 Å². The number of hydrogen-bond donors (Lipinski definition) is 0. The van der Waals surface area contributed by atoms with Crippen molar-refractivity contribution < 1.29 is 4.42 Å². The predicted octanol–water partition coefficient (Wildman–Crippen LogP) is 12.7. The Labute approximate surface area is 294 Å². The molecule has 8 aromatic carbocycles. The van der Waals surface area contributed by atoms with Gasteiger partial charge in [0.1, 0.15) is 11.2 Å². The normalized spacial score (nSPS) is 13.6. The lowest BCUT2D eigenvalue weighted by molar-refractivity contribution is 0.666. The van der Waals surface area contributed by atoms with Gasteiger partial charge in [-0.1, -0.05) is 127 Å². The van der Waals surface area contributed by atoms with Crippen LogP contribution >= 0.6 is 0 Å². The van der Waals surface area contributed by atoms with Crippen LogP contribution in [0.1, 0.15) is 22.3 Å². The maximum absolute atomic E-state index is 6.84. The molecule has 12 rings (SSSR count). The minimum Gasteiger partial charge on any atom is -0.456 e. The van der Waals surface area contributed by atoms with Crippen molar-refractivity contribution in [2.75, 3.05) is 0 Å². The number of furan rings is 1. The second-order valence-corrected chi connectivity index (χ2v) is 14.0. The van der Waals surface area contributed by atoms with Crippen LogP contribution in [0.25, 0.3) is 82.8 Å². The van der Waals surface area contributed by atoms with Crippen molar-refractivity contribution in [3.8, 4) is 39.1 Å². The van der Waals surface area contributed by atoms with Gasteiger partial charge in [0, 0.05) is 27.2 Å². The first kappa shape index (κ1) is 27.2. The highest BCUT2D eigenvalue weighted by Crippen LogP contribution is 2.63. The van der Waals surface area contributed by atoms with Crippen molar-refractivity contribution >= 4 is 43.7 Å². The van der Waals surface area contributed by atoms with E-state index in [1.807, 2.05) is 0 Å². The van der Waals surface area contributed by atoms with E-state index < -0.39 is 0 Å². The van der Waals surface area contributed by atoms with Crippen molar-refractivity contribution in [1.82, 2.24) is 4.57 Å². The zero-order chi connectivity index (χ0) is 33.3. The number of para-hydroxylation sites is 2. The summed E-state index contributed by atoms with van der Waals surface area (Å²) in [5.74, 6) is 0. The molecule has 0 saturated carbocycles. The van der Waals surface area contributed by atoms with Crippen molar-refractivity contribution in [3.63, 3.8) is 0 Å². The summed E-state index contributed by atoms with van der Waals surface area (Å²) in [6.07, 6.45) is 0. The van der Waals surface area contributed by atoms with Crippen LogP contribution in [-0.2, 0) is 5.41 Å². The van der Waals surface area contributed by atoms with Gasteiger partial charge in [0.15, 0.2) is 0 Å². The molecule has 0 atom stereocenters. The molecule has 0 aliphatic heterocycles. The van der Waals surface area contributed by atoms with Gasteiger partial charge in [0.05, 0.1) is 16.4 Å². The Bertz CT molecular complexity index is 3040. The number of aromatic nitrogens is 1. The van der Waals surface area contributed by atoms with E-state index in [0.29, 0.717) is 0 Å². The first-order valence-corrected chi connectivity index (χ1v) is 17.7. The molecular formula is C49H29NO. The molecule has 1 spiro atoms. The van der Waals surface area contributed by atoms with Gasteiger partial charge in [0.25, 0.3) is 0 Å². The zero-order valence-electron chi connectivity index (χ0n) is 27.6. The molecular weight excluding hydrogens is 619 g/mol. The fourth-order valence-corrected chi connectivity index (χ4v) is 9.55. The lowest BCUT2D eigenvalue weighted by atomic mass is 9.70. The molecule has 0 bridgehead atoms. The summed E-state index contributed by atoms with van der Waals surface area (Å²) >= 11 is 0. The van der Waals surface area contributed by atoms with E-state index in [9.17, 15) is 0 Å². The third-order valence-electron chi connectivity index (χ3n) is 11.6. The molecule has 2 heteroatoms. The topological polar surface area (TPSA) is 18.1 Å². The maximum Gasteiger partial charge on any atom is 0.136 e. The van der Waals surface area contributed by atoms with Crippen LogP contribution < -0.4 is 0 Å². The van der Waals surface area contributed by atoms with Gasteiger partial charge < -0.3 is 8.98 Å². The van der Waals surface area contributed by atoms with Gasteiger partial charge in [-0.3, -0.25) is 0 Å². The molecule has 2 aliphatic carbocycles. The first-order valence-electron chi connectivity index (χ1n) is 17.7. The molecule has 2 heterocycles. The monoisotopic (exact) mass is 647 g/mol. The SMILES string of the molecule is c1ccc(-n2c3ccccc3c3ccc(-c4ccc5c(c4)oc4cc6c(cc45)-c4ccccc4C64c5ccccc5-c5ccccc54)cc32)cc1. The fraction of sp³-hybridized carbons (Fsp3) is 0.0204. The number of fused-ring (bicyclic) bond motifs is 16. The Morgan fingerprint density at radius 2 is 0.902 bits per heavy atom. The number of benzene rings is 8. The quantitative estimate of drug-likeness (QED) is 0.183. The van der Waals surface area contributed by atoms with E-state index in [0.717, 1.165) is 33.2 Å². The van der Waals surface area contributed by atoms with Gasteiger partial charge in [-0.05, 0) is 104 Å². The minimum atomic E-state index is -0.385. The summed E-state index contributed by atoms with van der Waals surface area (Å²) in [6, 6.07) is 64.5. The molecule has 0 unspecified atom stereocenters. The van der Waals surface area contributed by atoms with Crippen LogP contribution in [-0.4, -0.2) is 4.57 Å². The summed E-state index contributed by atoms with van der Waals surface area (Å²) in [5, 5.41) is 4.81. The summed E-state index contributed by atoms with van der Waals surface area (Å²) in [5.41, 5.74) is 17.9. The lowest BCUT2D eigenvalue weighted by Crippen LogP contribution is -2.25. The average Bonchev–Trinajstić information content (AvgIpc) is 3.90. The highest BCUT2D eigenvalue weighted by atomic mass is 16.3. The minimum absolute atomic E-state index is 0.385. The van der Waals surface area contributed by atoms with Crippen LogP contribution in [0.2, 0.25) is 0 Å². The molecule has 0 amide bonds. The second kappa shape index (κ2) is 9.74. The Morgan fingerprint density at radius 3 is 1.63 bits per heavy atom. The standard InChI is InChI=1S/C49H29NO/c1-2-12-32(13-3-1)50-45-21-11-7-17-36(45)37-24-22-30(26-46(37)50)31-23-25-38-40-28-39-35-16-6-10-20-43(35)49(44(39)29-48(40)51-47(38)27-31)41-18-8-4-14-33(41)34-15-5-9-19-42(34)49/h1-29H. The molecule has 51 heavy (non-hydrogen) atoms. The van der Waals surface area contributed by atoms with Crippen LogP contribution in [0, 0.1) is 0 Å². The van der Waals surface area contributed by atoms with Crippen LogP contribution in [0.5, 0.6) is 0 Å². The zero-order valence-corrected chi connectivity index (χ0v) is 27.6. The van der Waals surface area contributed by atoms with E-state index in [4.69, 9.17) is 4.42 Å². The summed E-state index contributed by atoms with van der Waals surface area (Å²) < 4.78 is 9.22. The van der Waals surface area contributed by atoms with Crippen molar-refractivity contribution in [2.24, 2.45) is 0 Å². The molecule has 236 valence electrons. The van der Waals surface area contributed by atoms with E-state index in [1.165, 1.54) is 71.9 Å². The van der Waals surface area contributed by atoms with Gasteiger partial charge in [-0.2, -0.15) is 0 Å². The molecule has 0 saturated heterocycles. The Kier molecular flexibility index (Phi) is 5.20. The molecule has 2 nitrogen and oxygen atoms in total. The van der Waals surface area contributed by atoms with Crippen molar-refractivity contribution in [3.05, 3.63) is 198 Å². The number of hydrogen-bond acceptors (Lipinski definition) is 1. The predicted molar refractivity (Wildman–Crippen MR) is 210 cm³/mol. The van der Waals surface area contributed by atoms with Crippen LogP contribution in [0.4, 0.5) is 0 Å². The maximum atomic E-state index is 6.84. The van der Waals surface area contributed by atoms with Crippen LogP contribution in [0.15, 0.2) is 180 Å². The van der Waals surface area contributed by atoms with Gasteiger partial charge >= 0.3 is 0 Å². The molecule has 2 aliphatic rings. The highest BCUT2D eigenvalue weighted by molar-refractivity contribution is 6.12. The third-order valence-corrected chi connectivity index (χ3v) is 11.6. The first-order chi connectivity index (χ1) is 25.3. The molecule has 0 radical (unpaired) electrons. The van der Waals surface area contributed by atoms with Gasteiger partial charge in [0.2, 0.25) is 0 Å². The lowest BCUT2D eigenvalue weighted by Gasteiger charge is -2.30. The number of rotatable bonds is 2. The molecule has 2 aromatic heterocycles. The molecule has 0 fully saturated rings. The highest BCUT2D eigenvalue weighted by Gasteiger charge is 2.51. The van der Waals surface area contributed by atoms with E-state index >= 15 is 0 Å². The fourth-order valence-electron chi connectivity index (χ4n) is 9.55. The van der Waals surface area contributed by atoms with E-state index in [-0.39, 0.29) is 5.41 Å². The summed E-state index contributed by atoms with van der Waals surface area (Å²) in [4.78, 5) is 0. The third kappa shape index (κ3) is 3.42. The Morgan fingerprint density at radius 1 is 0.353 bits per heavy atom. The summed E-state index contributed by atoms with van der Waals surface area (Å²) in [6.45, 7) is 0. The molecule has 0 N–H and O–H groups in total. The van der Waals surface area contributed by atoms with Crippen LogP contribution in [0.3, 0.4) is 0 Å². The second-order valence-electron chi connectivity index (χ2n) is 14.0. The largest absolute Gasteiger partial charge is 0.456 e. The van der Waals surface area contributed by atoms with Crippen molar-refractivity contribution in [2.45, 2.75) is 5.41 Å². The van der Waals surface area contributed by atoms with Crippen molar-refractivity contribution in [1.29, 1.82) is 0 Å². The smallest absolute Gasteiger partial charge is 0.136 e. The number of nitrogens with zero attached hydrogens (tertiary/aromatic N) is 1. The van der Waals surface area contributed by atoms with Gasteiger partial charge in [-0.25, -0.2) is 0 Å². The Hall–Kier alpha value is -6.64. The Balaban J connectivity index is 1.07. The van der Waals surface area contributed by atoms with E-state index in [2.05, 4.69) is 180 Å².